The lowest BCUT2D eigenvalue weighted by atomic mass is 10.0. The van der Waals surface area contributed by atoms with Gasteiger partial charge in [-0.3, -0.25) is 4.90 Å². The number of fused-ring (bicyclic) bond motifs is 1. The smallest absolute Gasteiger partial charge is 0.125 e. The molecule has 22 heavy (non-hydrogen) atoms. The van der Waals surface area contributed by atoms with Crippen LogP contribution in [-0.4, -0.2) is 27.5 Å². The average molecular weight is 296 g/mol. The van der Waals surface area contributed by atoms with Crippen molar-refractivity contribution in [2.75, 3.05) is 11.9 Å². The summed E-state index contributed by atoms with van der Waals surface area (Å²) < 4.78 is 0. The van der Waals surface area contributed by atoms with Crippen LogP contribution in [-0.2, 0) is 6.54 Å². The van der Waals surface area contributed by atoms with E-state index in [1.54, 1.807) is 6.20 Å². The summed E-state index contributed by atoms with van der Waals surface area (Å²) in [6, 6.07) is 10.5. The molecule has 4 nitrogen and oxygen atoms in total. The third kappa shape index (κ3) is 2.75. The SMILES string of the molecule is c1c[nH]c(CNc2ccc(C3CCC4CCCCN43)cc2)n1. The van der Waals surface area contributed by atoms with Gasteiger partial charge in [-0.05, 0) is 49.9 Å². The second kappa shape index (κ2) is 6.13. The van der Waals surface area contributed by atoms with Crippen LogP contribution in [0.2, 0.25) is 0 Å². The van der Waals surface area contributed by atoms with Gasteiger partial charge in [-0.25, -0.2) is 4.98 Å². The first-order valence-corrected chi connectivity index (χ1v) is 8.48. The molecule has 3 heterocycles. The van der Waals surface area contributed by atoms with Gasteiger partial charge in [-0.1, -0.05) is 18.6 Å². The standard InChI is InChI=1S/C18H24N4/c1-2-12-22-16(3-1)8-9-17(22)14-4-6-15(7-5-14)21-13-18-19-10-11-20-18/h4-7,10-11,16-17,21H,1-3,8-9,12-13H2,(H,19,20). The summed E-state index contributed by atoms with van der Waals surface area (Å²) >= 11 is 0. The third-order valence-corrected chi connectivity index (χ3v) is 5.16. The van der Waals surface area contributed by atoms with Gasteiger partial charge in [-0.2, -0.15) is 0 Å². The lowest BCUT2D eigenvalue weighted by molar-refractivity contribution is 0.150. The number of hydrogen-bond acceptors (Lipinski definition) is 3. The monoisotopic (exact) mass is 296 g/mol. The van der Waals surface area contributed by atoms with Gasteiger partial charge in [0.15, 0.2) is 0 Å². The van der Waals surface area contributed by atoms with E-state index >= 15 is 0 Å². The van der Waals surface area contributed by atoms with Crippen LogP contribution in [0.1, 0.15) is 49.5 Å². The van der Waals surface area contributed by atoms with Gasteiger partial charge in [0.05, 0.1) is 6.54 Å². The van der Waals surface area contributed by atoms with Crippen molar-refractivity contribution in [2.24, 2.45) is 0 Å². The molecule has 1 aromatic heterocycles. The predicted molar refractivity (Wildman–Crippen MR) is 88.7 cm³/mol. The number of piperidine rings is 1. The van der Waals surface area contributed by atoms with Crippen molar-refractivity contribution in [2.45, 2.75) is 50.7 Å². The number of nitrogens with one attached hydrogen (secondary N) is 2. The molecule has 0 saturated carbocycles. The molecule has 0 spiro atoms. The van der Waals surface area contributed by atoms with Crippen molar-refractivity contribution in [1.82, 2.24) is 14.9 Å². The zero-order chi connectivity index (χ0) is 14.8. The fraction of sp³-hybridized carbons (Fsp3) is 0.500. The number of aromatic nitrogens is 2. The van der Waals surface area contributed by atoms with Gasteiger partial charge in [0, 0.05) is 30.2 Å². The van der Waals surface area contributed by atoms with E-state index in [4.69, 9.17) is 0 Å². The third-order valence-electron chi connectivity index (χ3n) is 5.16. The Kier molecular flexibility index (Phi) is 3.85. The molecule has 2 N–H and O–H groups in total. The molecular formula is C18H24N4. The Labute approximate surface area is 131 Å². The van der Waals surface area contributed by atoms with Crippen LogP contribution in [0, 0.1) is 0 Å². The topological polar surface area (TPSA) is 44.0 Å². The number of rotatable bonds is 4. The minimum absolute atomic E-state index is 0.643. The van der Waals surface area contributed by atoms with E-state index in [2.05, 4.69) is 44.5 Å². The summed E-state index contributed by atoms with van der Waals surface area (Å²) in [5.74, 6) is 0.969. The van der Waals surface area contributed by atoms with Crippen molar-refractivity contribution in [3.63, 3.8) is 0 Å². The van der Waals surface area contributed by atoms with Crippen LogP contribution in [0.5, 0.6) is 0 Å². The Morgan fingerprint density at radius 2 is 2.05 bits per heavy atom. The van der Waals surface area contributed by atoms with Gasteiger partial charge in [-0.15, -0.1) is 0 Å². The van der Waals surface area contributed by atoms with E-state index < -0.39 is 0 Å². The van der Waals surface area contributed by atoms with Gasteiger partial charge in [0.2, 0.25) is 0 Å². The van der Waals surface area contributed by atoms with Crippen molar-refractivity contribution < 1.29 is 0 Å². The molecule has 0 amide bonds. The number of aromatic amines is 1. The molecule has 2 atom stereocenters. The fourth-order valence-electron chi connectivity index (χ4n) is 4.02. The van der Waals surface area contributed by atoms with Crippen LogP contribution < -0.4 is 5.32 Å². The first-order valence-electron chi connectivity index (χ1n) is 8.48. The molecule has 2 saturated heterocycles. The number of hydrogen-bond donors (Lipinski definition) is 2. The molecular weight excluding hydrogens is 272 g/mol. The first kappa shape index (κ1) is 13.8. The van der Waals surface area contributed by atoms with E-state index in [1.807, 2.05) is 6.20 Å². The Hall–Kier alpha value is -1.81. The molecule has 2 fully saturated rings. The van der Waals surface area contributed by atoms with E-state index in [9.17, 15) is 0 Å². The molecule has 2 aromatic rings. The van der Waals surface area contributed by atoms with Crippen LogP contribution in [0.3, 0.4) is 0 Å². The average Bonchev–Trinajstić information content (AvgIpc) is 3.23. The summed E-state index contributed by atoms with van der Waals surface area (Å²) in [4.78, 5) is 10.1. The Morgan fingerprint density at radius 3 is 2.86 bits per heavy atom. The maximum atomic E-state index is 4.23. The number of anilines is 1. The first-order chi connectivity index (χ1) is 10.9. The molecule has 0 bridgehead atoms. The van der Waals surface area contributed by atoms with E-state index in [-0.39, 0.29) is 0 Å². The maximum Gasteiger partial charge on any atom is 0.125 e. The molecule has 0 aliphatic carbocycles. The number of H-pyrrole nitrogens is 1. The number of nitrogens with zero attached hydrogens (tertiary/aromatic N) is 2. The van der Waals surface area contributed by atoms with E-state index in [1.165, 1.54) is 44.2 Å². The lowest BCUT2D eigenvalue weighted by Gasteiger charge is -2.34. The molecule has 2 unspecified atom stereocenters. The largest absolute Gasteiger partial charge is 0.378 e. The van der Waals surface area contributed by atoms with Crippen LogP contribution in [0.25, 0.3) is 0 Å². The predicted octanol–water partition coefficient (Wildman–Crippen LogP) is 3.71. The summed E-state index contributed by atoms with van der Waals surface area (Å²) in [6.07, 6.45) is 10.5. The zero-order valence-electron chi connectivity index (χ0n) is 13.0. The molecule has 2 aliphatic heterocycles. The fourth-order valence-corrected chi connectivity index (χ4v) is 4.02. The van der Waals surface area contributed by atoms with Gasteiger partial charge in [0.25, 0.3) is 0 Å². The molecule has 1 aromatic carbocycles. The Bertz CT molecular complexity index is 590. The second-order valence-electron chi connectivity index (χ2n) is 6.49. The van der Waals surface area contributed by atoms with Crippen LogP contribution in [0.15, 0.2) is 36.7 Å². The van der Waals surface area contributed by atoms with Crippen molar-refractivity contribution in [1.29, 1.82) is 0 Å². The van der Waals surface area contributed by atoms with Gasteiger partial charge in [0.1, 0.15) is 5.82 Å². The quantitative estimate of drug-likeness (QED) is 0.904. The summed E-state index contributed by atoms with van der Waals surface area (Å²) in [5, 5.41) is 3.41. The highest BCUT2D eigenvalue weighted by Crippen LogP contribution is 2.40. The summed E-state index contributed by atoms with van der Waals surface area (Å²) in [5.41, 5.74) is 2.64. The van der Waals surface area contributed by atoms with E-state index in [0.29, 0.717) is 6.04 Å². The van der Waals surface area contributed by atoms with Gasteiger partial charge >= 0.3 is 0 Å². The zero-order valence-corrected chi connectivity index (χ0v) is 13.0. The highest BCUT2D eigenvalue weighted by Gasteiger charge is 2.35. The number of benzene rings is 1. The van der Waals surface area contributed by atoms with E-state index in [0.717, 1.165) is 24.1 Å². The molecule has 116 valence electrons. The molecule has 2 aliphatic rings. The normalized spacial score (nSPS) is 25.1. The van der Waals surface area contributed by atoms with Crippen molar-refractivity contribution in [3.8, 4) is 0 Å². The summed E-state index contributed by atoms with van der Waals surface area (Å²) in [6.45, 7) is 2.03. The van der Waals surface area contributed by atoms with Crippen molar-refractivity contribution in [3.05, 3.63) is 48.0 Å². The molecule has 4 rings (SSSR count). The van der Waals surface area contributed by atoms with Crippen LogP contribution >= 0.6 is 0 Å². The molecule has 4 heteroatoms. The lowest BCUT2D eigenvalue weighted by Crippen LogP contribution is -2.35. The van der Waals surface area contributed by atoms with Crippen LogP contribution in [0.4, 0.5) is 5.69 Å². The Balaban J connectivity index is 1.41. The number of imidazole rings is 1. The maximum absolute atomic E-state index is 4.23. The minimum atomic E-state index is 0.643. The second-order valence-corrected chi connectivity index (χ2v) is 6.49. The Morgan fingerprint density at radius 1 is 1.14 bits per heavy atom. The van der Waals surface area contributed by atoms with Gasteiger partial charge < -0.3 is 10.3 Å². The summed E-state index contributed by atoms with van der Waals surface area (Å²) in [7, 11) is 0. The molecule has 0 radical (unpaired) electrons. The van der Waals surface area contributed by atoms with Crippen molar-refractivity contribution >= 4 is 5.69 Å². The minimum Gasteiger partial charge on any atom is -0.378 e. The highest BCUT2D eigenvalue weighted by molar-refractivity contribution is 5.45. The highest BCUT2D eigenvalue weighted by atomic mass is 15.2.